The number of amides is 1. The average Bonchev–Trinajstić information content (AvgIpc) is 3.00. The summed E-state index contributed by atoms with van der Waals surface area (Å²) >= 11 is 0. The highest BCUT2D eigenvalue weighted by molar-refractivity contribution is 6.06. The molecule has 2 atom stereocenters. The number of nitrogens with zero attached hydrogens (tertiary/aromatic N) is 2. The maximum Gasteiger partial charge on any atom is 0.442 e. The van der Waals surface area contributed by atoms with Crippen molar-refractivity contribution in [2.75, 3.05) is 7.05 Å². The van der Waals surface area contributed by atoms with Crippen LogP contribution in [0.3, 0.4) is 0 Å². The Morgan fingerprint density at radius 3 is 2.58 bits per heavy atom. The lowest BCUT2D eigenvalue weighted by molar-refractivity contribution is -0.125. The third-order valence-corrected chi connectivity index (χ3v) is 5.57. The highest BCUT2D eigenvalue weighted by Crippen LogP contribution is 2.48. The fraction of sp³-hybridized carbons (Fsp3) is 0.286. The van der Waals surface area contributed by atoms with Gasteiger partial charge in [0.15, 0.2) is 5.69 Å². The molecule has 31 heavy (non-hydrogen) atoms. The summed E-state index contributed by atoms with van der Waals surface area (Å²) in [6, 6.07) is 4.21. The van der Waals surface area contributed by atoms with Crippen LogP contribution in [0.4, 0.5) is 23.2 Å². The van der Waals surface area contributed by atoms with E-state index in [-0.39, 0.29) is 23.3 Å². The van der Waals surface area contributed by atoms with Crippen LogP contribution in [0, 0.1) is 0 Å². The van der Waals surface area contributed by atoms with Gasteiger partial charge in [0.05, 0.1) is 0 Å². The number of alkyl halides is 3. The van der Waals surface area contributed by atoms with E-state index in [2.05, 4.69) is 9.84 Å². The number of benzene rings is 1. The first-order valence-electron chi connectivity index (χ1n) is 9.35. The quantitative estimate of drug-likeness (QED) is 0.314. The summed E-state index contributed by atoms with van der Waals surface area (Å²) < 4.78 is 59.0. The Bertz CT molecular complexity index is 1060. The number of allylic oxidation sites excluding steroid dienone is 5. The van der Waals surface area contributed by atoms with Crippen molar-refractivity contribution in [3.63, 3.8) is 0 Å². The highest BCUT2D eigenvalue weighted by Gasteiger charge is 2.56. The van der Waals surface area contributed by atoms with Crippen LogP contribution in [0.5, 0.6) is 0 Å². The Hall–Kier alpha value is -3.27. The molecule has 0 fully saturated rings. The number of halogens is 4. The maximum atomic E-state index is 15.4. The first-order valence-corrected chi connectivity index (χ1v) is 9.35. The molecule has 0 saturated carbocycles. The Morgan fingerprint density at radius 1 is 1.35 bits per heavy atom. The van der Waals surface area contributed by atoms with Crippen molar-refractivity contribution >= 4 is 23.8 Å². The topological polar surface area (TPSA) is 81.8 Å². The maximum absolute atomic E-state index is 15.4. The van der Waals surface area contributed by atoms with Crippen molar-refractivity contribution in [1.82, 2.24) is 4.59 Å². The first kappa shape index (κ1) is 22.4. The van der Waals surface area contributed by atoms with Gasteiger partial charge in [0.2, 0.25) is 5.91 Å². The molecule has 1 amide bonds. The van der Waals surface area contributed by atoms with E-state index in [1.54, 1.807) is 18.2 Å². The van der Waals surface area contributed by atoms with Crippen molar-refractivity contribution in [2.24, 2.45) is 10.8 Å². The van der Waals surface area contributed by atoms with E-state index < -0.39 is 39.5 Å². The molecule has 2 aliphatic rings. The zero-order chi connectivity index (χ0) is 23.0. The third-order valence-electron chi connectivity index (χ3n) is 5.57. The second-order valence-corrected chi connectivity index (χ2v) is 7.30. The predicted molar refractivity (Wildman–Crippen MR) is 106 cm³/mol. The molecule has 0 saturated heterocycles. The van der Waals surface area contributed by atoms with Gasteiger partial charge in [-0.2, -0.15) is 13.2 Å². The minimum Gasteiger partial charge on any atom is -0.417 e. The molecule has 1 aliphatic carbocycles. The van der Waals surface area contributed by atoms with Crippen LogP contribution < -0.4 is 10.3 Å². The van der Waals surface area contributed by atoms with Gasteiger partial charge in [-0.1, -0.05) is 42.4 Å². The van der Waals surface area contributed by atoms with Gasteiger partial charge in [-0.25, -0.2) is 0 Å². The van der Waals surface area contributed by atoms with Crippen LogP contribution in [0.15, 0.2) is 59.3 Å². The Kier molecular flexibility index (Phi) is 5.62. The lowest BCUT2D eigenvalue weighted by Gasteiger charge is -2.35. The van der Waals surface area contributed by atoms with Crippen molar-refractivity contribution in [3.8, 4) is 0 Å². The SMILES string of the molecule is CCC1(c2c(C(N)=O)cccc2[N+]2(C)N=C(C(F)(F)F)C(OC=O)=C2F)C=CC=CC1. The summed E-state index contributed by atoms with van der Waals surface area (Å²) in [4.78, 5) is 23.0. The molecule has 10 heteroatoms. The van der Waals surface area contributed by atoms with Crippen LogP contribution in [-0.4, -0.2) is 31.3 Å². The van der Waals surface area contributed by atoms with Crippen molar-refractivity contribution in [2.45, 2.75) is 31.4 Å². The molecule has 0 spiro atoms. The Morgan fingerprint density at radius 2 is 2.06 bits per heavy atom. The van der Waals surface area contributed by atoms with Crippen LogP contribution in [0.2, 0.25) is 0 Å². The number of quaternary nitrogens is 1. The van der Waals surface area contributed by atoms with Gasteiger partial charge < -0.3 is 10.5 Å². The molecule has 1 aliphatic heterocycles. The number of primary amides is 1. The number of ether oxygens (including phenoxy) is 1. The monoisotopic (exact) mass is 438 g/mol. The molecule has 1 aromatic rings. The number of hydrogen-bond donors (Lipinski definition) is 1. The second kappa shape index (κ2) is 7.77. The van der Waals surface area contributed by atoms with E-state index in [1.165, 1.54) is 18.2 Å². The Labute approximate surface area is 175 Å². The molecule has 6 nitrogen and oxygen atoms in total. The molecule has 1 aromatic carbocycles. The van der Waals surface area contributed by atoms with Gasteiger partial charge in [-0.05, 0) is 18.9 Å². The second-order valence-electron chi connectivity index (χ2n) is 7.30. The van der Waals surface area contributed by atoms with E-state index >= 15 is 4.39 Å². The number of nitrogens with two attached hydrogens (primary N) is 1. The molecule has 3 rings (SSSR count). The van der Waals surface area contributed by atoms with Gasteiger partial charge in [0.25, 0.3) is 17.9 Å². The predicted octanol–water partition coefficient (Wildman–Crippen LogP) is 4.13. The standard InChI is InChI=1S/C21H19F4N3O3/c1-3-20(10-5-4-6-11-20)15-13(19(26)30)8-7-9-14(15)28(2)18(22)16(31-12-29)17(27-28)21(23,24)25/h4-10,12H,3,11H2,1-2H3,(H-,26,30)/p+1. The number of carbonyl (C=O) groups is 2. The lowest BCUT2D eigenvalue weighted by Crippen LogP contribution is -2.40. The lowest BCUT2D eigenvalue weighted by atomic mass is 9.70. The zero-order valence-electron chi connectivity index (χ0n) is 16.7. The fourth-order valence-corrected chi connectivity index (χ4v) is 4.00. The normalized spacial score (nSPS) is 25.5. The molecule has 0 aromatic heterocycles. The minimum absolute atomic E-state index is 0.0261. The van der Waals surface area contributed by atoms with Crippen LogP contribution in [0.1, 0.15) is 35.7 Å². The molecule has 0 radical (unpaired) electrons. The van der Waals surface area contributed by atoms with Gasteiger partial charge >= 0.3 is 12.1 Å². The van der Waals surface area contributed by atoms with Gasteiger partial charge in [-0.15, -0.1) is 8.98 Å². The van der Waals surface area contributed by atoms with Gasteiger partial charge in [-0.3, -0.25) is 9.59 Å². The number of rotatable bonds is 6. The summed E-state index contributed by atoms with van der Waals surface area (Å²) in [7, 11) is 1.08. The van der Waals surface area contributed by atoms with E-state index in [9.17, 15) is 22.8 Å². The summed E-state index contributed by atoms with van der Waals surface area (Å²) in [5.41, 5.74) is 3.35. The number of hydrogen-bond acceptors (Lipinski definition) is 4. The molecular formula is C21H20F4N3O3+. The third kappa shape index (κ3) is 3.56. The largest absolute Gasteiger partial charge is 0.442 e. The summed E-state index contributed by atoms with van der Waals surface area (Å²) in [5.74, 6) is -3.57. The van der Waals surface area contributed by atoms with Gasteiger partial charge in [0, 0.05) is 22.6 Å². The molecule has 1 heterocycles. The molecule has 164 valence electrons. The Balaban J connectivity index is 2.38. The first-order chi connectivity index (χ1) is 14.5. The molecule has 2 N–H and O–H groups in total. The van der Waals surface area contributed by atoms with Crippen molar-refractivity contribution in [3.05, 3.63) is 65.3 Å². The summed E-state index contributed by atoms with van der Waals surface area (Å²) in [5, 5.41) is 3.57. The van der Waals surface area contributed by atoms with Crippen LogP contribution >= 0.6 is 0 Å². The van der Waals surface area contributed by atoms with Crippen LogP contribution in [-0.2, 0) is 14.9 Å². The summed E-state index contributed by atoms with van der Waals surface area (Å²) in [6.07, 6.45) is 2.97. The smallest absolute Gasteiger partial charge is 0.417 e. The molecule has 2 unspecified atom stereocenters. The van der Waals surface area contributed by atoms with E-state index in [0.29, 0.717) is 12.8 Å². The highest BCUT2D eigenvalue weighted by atomic mass is 19.4. The van der Waals surface area contributed by atoms with Crippen molar-refractivity contribution in [1.29, 1.82) is 0 Å². The van der Waals surface area contributed by atoms with Crippen molar-refractivity contribution < 1.29 is 31.9 Å². The fourth-order valence-electron chi connectivity index (χ4n) is 4.00. The van der Waals surface area contributed by atoms with Gasteiger partial charge in [0.1, 0.15) is 7.05 Å². The summed E-state index contributed by atoms with van der Waals surface area (Å²) in [6.45, 7) is 1.54. The number of carbonyl (C=O) groups excluding carboxylic acids is 2. The van der Waals surface area contributed by atoms with E-state index in [4.69, 9.17) is 5.73 Å². The molecular weight excluding hydrogens is 418 g/mol. The zero-order valence-corrected chi connectivity index (χ0v) is 16.7. The minimum atomic E-state index is -5.08. The van der Waals surface area contributed by atoms with Crippen LogP contribution in [0.25, 0.3) is 0 Å². The average molecular weight is 438 g/mol. The van der Waals surface area contributed by atoms with E-state index in [1.807, 2.05) is 13.0 Å². The van der Waals surface area contributed by atoms with E-state index in [0.717, 1.165) is 7.05 Å². The molecule has 0 bridgehead atoms.